The van der Waals surface area contributed by atoms with Gasteiger partial charge in [0, 0.05) is 5.39 Å². The summed E-state index contributed by atoms with van der Waals surface area (Å²) in [6.07, 6.45) is 1.94. The molecule has 3 aromatic rings. The van der Waals surface area contributed by atoms with Crippen LogP contribution in [0.4, 0.5) is 5.69 Å². The third-order valence-electron chi connectivity index (χ3n) is 4.56. The number of anilines is 1. The van der Waals surface area contributed by atoms with Crippen LogP contribution in [0.3, 0.4) is 0 Å². The van der Waals surface area contributed by atoms with Crippen LogP contribution in [-0.4, -0.2) is 15.0 Å². The second-order valence-corrected chi connectivity index (χ2v) is 7.75. The Morgan fingerprint density at radius 2 is 1.72 bits per heavy atom. The topological polar surface area (TPSA) is 55.4 Å². The Morgan fingerprint density at radius 1 is 0.960 bits per heavy atom. The molecule has 1 aliphatic rings. The van der Waals surface area contributed by atoms with E-state index in [9.17, 15) is 8.42 Å². The molecule has 3 aromatic carbocycles. The van der Waals surface area contributed by atoms with Crippen LogP contribution in [0.15, 0.2) is 59.5 Å². The fourth-order valence-corrected chi connectivity index (χ4v) is 4.76. The summed E-state index contributed by atoms with van der Waals surface area (Å²) in [6, 6.07) is 16.6. The van der Waals surface area contributed by atoms with E-state index in [-0.39, 0.29) is 0 Å². The number of benzene rings is 3. The van der Waals surface area contributed by atoms with Crippen LogP contribution in [-0.2, 0) is 22.9 Å². The minimum atomic E-state index is -3.72. The van der Waals surface area contributed by atoms with Crippen molar-refractivity contribution in [2.24, 2.45) is 0 Å². The minimum absolute atomic E-state index is 0.307. The first-order valence-electron chi connectivity index (χ1n) is 8.38. The zero-order chi connectivity index (χ0) is 17.4. The second kappa shape index (κ2) is 6.08. The number of rotatable bonds is 5. The molecular formula is C20H19NO3S. The van der Waals surface area contributed by atoms with Gasteiger partial charge in [0.1, 0.15) is 5.75 Å². The molecule has 0 amide bonds. The smallest absolute Gasteiger partial charge is 0.262 e. The number of hydrogen-bond donors (Lipinski definition) is 1. The quantitative estimate of drug-likeness (QED) is 0.750. The summed E-state index contributed by atoms with van der Waals surface area (Å²) >= 11 is 0. The third kappa shape index (κ3) is 2.74. The number of para-hydroxylation sites is 2. The lowest BCUT2D eigenvalue weighted by Crippen LogP contribution is -2.14. The Balaban J connectivity index is 1.81. The van der Waals surface area contributed by atoms with Crippen LogP contribution in [0.1, 0.15) is 18.1 Å². The Hall–Kier alpha value is -2.53. The van der Waals surface area contributed by atoms with E-state index >= 15 is 0 Å². The summed E-state index contributed by atoms with van der Waals surface area (Å²) in [5, 5.41) is 1.87. The molecule has 0 fully saturated rings. The largest absolute Gasteiger partial charge is 0.492 e. The molecule has 0 radical (unpaired) electrons. The van der Waals surface area contributed by atoms with Gasteiger partial charge in [0.15, 0.2) is 0 Å². The van der Waals surface area contributed by atoms with E-state index in [0.717, 1.165) is 23.6 Å². The molecule has 0 aromatic heterocycles. The number of nitrogens with one attached hydrogen (secondary N) is 1. The van der Waals surface area contributed by atoms with Crippen molar-refractivity contribution in [3.63, 3.8) is 0 Å². The van der Waals surface area contributed by atoms with Crippen molar-refractivity contribution in [2.75, 3.05) is 11.3 Å². The van der Waals surface area contributed by atoms with Crippen molar-refractivity contribution in [2.45, 2.75) is 24.7 Å². The van der Waals surface area contributed by atoms with Gasteiger partial charge in [0.25, 0.3) is 10.0 Å². The van der Waals surface area contributed by atoms with Gasteiger partial charge in [-0.05, 0) is 54.5 Å². The maximum Gasteiger partial charge on any atom is 0.262 e. The SMILES string of the molecule is CCOc1ccccc1NS(=O)(=O)c1ccc2c3c(cccc13)CC2. The highest BCUT2D eigenvalue weighted by atomic mass is 32.2. The molecule has 0 saturated carbocycles. The number of sulfonamides is 1. The molecule has 1 aliphatic carbocycles. The maximum absolute atomic E-state index is 13.0. The average molecular weight is 353 g/mol. The molecule has 0 unspecified atom stereocenters. The lowest BCUT2D eigenvalue weighted by molar-refractivity contribution is 0.342. The second-order valence-electron chi connectivity index (χ2n) is 6.10. The van der Waals surface area contributed by atoms with Gasteiger partial charge in [0.05, 0.1) is 17.2 Å². The summed E-state index contributed by atoms with van der Waals surface area (Å²) in [5.41, 5.74) is 2.89. The highest BCUT2D eigenvalue weighted by molar-refractivity contribution is 7.93. The van der Waals surface area contributed by atoms with Crippen LogP contribution in [0.2, 0.25) is 0 Å². The predicted octanol–water partition coefficient (Wildman–Crippen LogP) is 4.14. The van der Waals surface area contributed by atoms with Gasteiger partial charge >= 0.3 is 0 Å². The van der Waals surface area contributed by atoms with Gasteiger partial charge in [-0.3, -0.25) is 4.72 Å². The fraction of sp³-hybridized carbons (Fsp3) is 0.200. The van der Waals surface area contributed by atoms with Crippen molar-refractivity contribution < 1.29 is 13.2 Å². The zero-order valence-corrected chi connectivity index (χ0v) is 14.8. The maximum atomic E-state index is 13.0. The van der Waals surface area contributed by atoms with Gasteiger partial charge in [-0.1, -0.05) is 36.4 Å². The summed E-state index contributed by atoms with van der Waals surface area (Å²) in [7, 11) is -3.72. The highest BCUT2D eigenvalue weighted by Gasteiger charge is 2.23. The van der Waals surface area contributed by atoms with E-state index in [4.69, 9.17) is 4.74 Å². The van der Waals surface area contributed by atoms with E-state index < -0.39 is 10.0 Å². The molecule has 5 heteroatoms. The summed E-state index contributed by atoms with van der Waals surface area (Å²) in [5.74, 6) is 0.527. The van der Waals surface area contributed by atoms with Gasteiger partial charge in [0.2, 0.25) is 0 Å². The summed E-state index contributed by atoms with van der Waals surface area (Å²) in [4.78, 5) is 0.307. The first-order valence-corrected chi connectivity index (χ1v) is 9.86. The molecule has 4 nitrogen and oxygen atoms in total. The summed E-state index contributed by atoms with van der Waals surface area (Å²) < 4.78 is 34.3. The molecular weight excluding hydrogens is 334 g/mol. The molecule has 128 valence electrons. The van der Waals surface area contributed by atoms with Crippen LogP contribution in [0.5, 0.6) is 5.75 Å². The normalized spacial score (nSPS) is 13.2. The van der Waals surface area contributed by atoms with Crippen LogP contribution >= 0.6 is 0 Å². The molecule has 25 heavy (non-hydrogen) atoms. The van der Waals surface area contributed by atoms with Gasteiger partial charge < -0.3 is 4.74 Å². The Bertz CT molecular complexity index is 1050. The van der Waals surface area contributed by atoms with Gasteiger partial charge in [-0.2, -0.15) is 0 Å². The zero-order valence-electron chi connectivity index (χ0n) is 14.0. The fourth-order valence-electron chi connectivity index (χ4n) is 3.49. The standard InChI is InChI=1S/C20H19NO3S/c1-2-24-18-9-4-3-8-17(18)21-25(22,23)19-13-12-15-11-10-14-6-5-7-16(19)20(14)15/h3-9,12-13,21H,2,10-11H2,1H3. The number of ether oxygens (including phenoxy) is 1. The summed E-state index contributed by atoms with van der Waals surface area (Å²) in [6.45, 7) is 2.34. The van der Waals surface area contributed by atoms with Gasteiger partial charge in [-0.15, -0.1) is 0 Å². The average Bonchev–Trinajstić information content (AvgIpc) is 3.02. The molecule has 0 saturated heterocycles. The van der Waals surface area contributed by atoms with E-state index in [1.54, 1.807) is 24.3 Å². The lowest BCUT2D eigenvalue weighted by Gasteiger charge is -2.14. The van der Waals surface area contributed by atoms with E-state index in [1.165, 1.54) is 11.1 Å². The monoisotopic (exact) mass is 353 g/mol. The molecule has 0 spiro atoms. The van der Waals surface area contributed by atoms with E-state index in [2.05, 4.69) is 10.8 Å². The van der Waals surface area contributed by atoms with Crippen molar-refractivity contribution >= 4 is 26.5 Å². The predicted molar refractivity (Wildman–Crippen MR) is 99.8 cm³/mol. The van der Waals surface area contributed by atoms with Crippen LogP contribution in [0, 0.1) is 0 Å². The van der Waals surface area contributed by atoms with E-state index in [0.29, 0.717) is 22.9 Å². The minimum Gasteiger partial charge on any atom is -0.492 e. The molecule has 0 aliphatic heterocycles. The van der Waals surface area contributed by atoms with Gasteiger partial charge in [-0.25, -0.2) is 8.42 Å². The van der Waals surface area contributed by atoms with Crippen molar-refractivity contribution in [3.05, 3.63) is 65.7 Å². The first-order chi connectivity index (χ1) is 12.1. The number of hydrogen-bond acceptors (Lipinski definition) is 3. The lowest BCUT2D eigenvalue weighted by atomic mass is 10.1. The van der Waals surface area contributed by atoms with Crippen LogP contribution < -0.4 is 9.46 Å². The third-order valence-corrected chi connectivity index (χ3v) is 5.98. The van der Waals surface area contributed by atoms with Crippen molar-refractivity contribution in [1.82, 2.24) is 0 Å². The Labute approximate surface area is 147 Å². The molecule has 0 atom stereocenters. The first kappa shape index (κ1) is 16.0. The Kier molecular flexibility index (Phi) is 3.88. The molecule has 1 N–H and O–H groups in total. The highest BCUT2D eigenvalue weighted by Crippen LogP contribution is 2.35. The van der Waals surface area contributed by atoms with Crippen molar-refractivity contribution in [1.29, 1.82) is 0 Å². The van der Waals surface area contributed by atoms with E-state index in [1.807, 2.05) is 31.2 Å². The molecule has 0 bridgehead atoms. The van der Waals surface area contributed by atoms with Crippen LogP contribution in [0.25, 0.3) is 10.8 Å². The molecule has 4 rings (SSSR count). The molecule has 0 heterocycles. The Morgan fingerprint density at radius 3 is 2.52 bits per heavy atom. The van der Waals surface area contributed by atoms with Crippen molar-refractivity contribution in [3.8, 4) is 5.75 Å². The number of aryl methyl sites for hydroxylation is 2.